The molecular formula is C17H26ClN5O2S. The maximum atomic E-state index is 12.4. The first-order valence-electron chi connectivity index (χ1n) is 8.68. The molecule has 3 rings (SSSR count). The van der Waals surface area contributed by atoms with Crippen LogP contribution in [0.2, 0.25) is 0 Å². The topological polar surface area (TPSA) is 104 Å². The molecule has 0 aromatic carbocycles. The van der Waals surface area contributed by atoms with E-state index in [1.54, 1.807) is 11.3 Å². The monoisotopic (exact) mass is 399 g/mol. The average molecular weight is 400 g/mol. The lowest BCUT2D eigenvalue weighted by atomic mass is 9.97. The molecule has 1 unspecified atom stereocenters. The van der Waals surface area contributed by atoms with Gasteiger partial charge in [-0.05, 0) is 38.8 Å². The fourth-order valence-corrected chi connectivity index (χ4v) is 4.39. The maximum absolute atomic E-state index is 12.4. The third-order valence-electron chi connectivity index (χ3n) is 4.78. The van der Waals surface area contributed by atoms with Crippen molar-refractivity contribution in [3.05, 3.63) is 26.6 Å². The summed E-state index contributed by atoms with van der Waals surface area (Å²) < 4.78 is 0. The molecule has 1 amide bonds. The van der Waals surface area contributed by atoms with E-state index in [0.29, 0.717) is 37.4 Å². The third-order valence-corrected chi connectivity index (χ3v) is 5.88. The van der Waals surface area contributed by atoms with Crippen molar-refractivity contribution in [3.8, 4) is 0 Å². The SMILES string of the molecule is Cc1sc2nc(CN3CCCC(C(=O)NCCN)C3)[nH]c(=O)c2c1C.Cl. The molecule has 26 heavy (non-hydrogen) atoms. The minimum atomic E-state index is -0.0731. The summed E-state index contributed by atoms with van der Waals surface area (Å²) in [4.78, 5) is 36.2. The van der Waals surface area contributed by atoms with Crippen LogP contribution >= 0.6 is 23.7 Å². The number of fused-ring (bicyclic) bond motifs is 1. The van der Waals surface area contributed by atoms with Gasteiger partial charge in [0.2, 0.25) is 5.91 Å². The van der Waals surface area contributed by atoms with Gasteiger partial charge in [0.05, 0.1) is 17.8 Å². The second kappa shape index (κ2) is 8.94. The number of aromatic amines is 1. The Labute approximate surface area is 162 Å². The summed E-state index contributed by atoms with van der Waals surface area (Å²) in [6, 6.07) is 0. The summed E-state index contributed by atoms with van der Waals surface area (Å²) >= 11 is 1.56. The summed E-state index contributed by atoms with van der Waals surface area (Å²) in [5, 5.41) is 3.56. The first kappa shape index (κ1) is 20.8. The molecule has 0 saturated carbocycles. The minimum Gasteiger partial charge on any atom is -0.355 e. The Morgan fingerprint density at radius 2 is 2.23 bits per heavy atom. The molecule has 1 fully saturated rings. The molecule has 2 aromatic rings. The van der Waals surface area contributed by atoms with Crippen molar-refractivity contribution < 1.29 is 4.79 Å². The highest BCUT2D eigenvalue weighted by Gasteiger charge is 2.26. The number of hydrogen-bond acceptors (Lipinski definition) is 6. The predicted molar refractivity (Wildman–Crippen MR) is 107 cm³/mol. The van der Waals surface area contributed by atoms with Crippen LogP contribution in [0.4, 0.5) is 0 Å². The zero-order chi connectivity index (χ0) is 18.0. The number of nitrogens with zero attached hydrogens (tertiary/aromatic N) is 2. The van der Waals surface area contributed by atoms with Crippen molar-refractivity contribution in [2.24, 2.45) is 11.7 Å². The number of aryl methyl sites for hydroxylation is 2. The van der Waals surface area contributed by atoms with E-state index in [1.165, 1.54) is 0 Å². The van der Waals surface area contributed by atoms with Crippen LogP contribution < -0.4 is 16.6 Å². The van der Waals surface area contributed by atoms with E-state index in [-0.39, 0.29) is 29.8 Å². The fourth-order valence-electron chi connectivity index (χ4n) is 3.34. The third kappa shape index (κ3) is 4.43. The zero-order valence-corrected chi connectivity index (χ0v) is 16.8. The molecule has 1 atom stereocenters. The van der Waals surface area contributed by atoms with E-state index in [9.17, 15) is 9.59 Å². The van der Waals surface area contributed by atoms with E-state index in [2.05, 4.69) is 20.2 Å². The van der Waals surface area contributed by atoms with Gasteiger partial charge in [-0.2, -0.15) is 0 Å². The molecule has 0 aliphatic carbocycles. The molecule has 0 radical (unpaired) electrons. The summed E-state index contributed by atoms with van der Waals surface area (Å²) in [5.41, 5.74) is 6.38. The van der Waals surface area contributed by atoms with E-state index < -0.39 is 0 Å². The maximum Gasteiger partial charge on any atom is 0.259 e. The average Bonchev–Trinajstić information content (AvgIpc) is 2.87. The van der Waals surface area contributed by atoms with Gasteiger partial charge in [0.1, 0.15) is 10.7 Å². The first-order valence-corrected chi connectivity index (χ1v) is 9.50. The first-order chi connectivity index (χ1) is 12.0. The van der Waals surface area contributed by atoms with Crippen molar-refractivity contribution >= 4 is 39.9 Å². The van der Waals surface area contributed by atoms with Gasteiger partial charge >= 0.3 is 0 Å². The fraction of sp³-hybridized carbons (Fsp3) is 0.588. The molecule has 9 heteroatoms. The lowest BCUT2D eigenvalue weighted by Gasteiger charge is -2.31. The minimum absolute atomic E-state index is 0. The van der Waals surface area contributed by atoms with E-state index >= 15 is 0 Å². The molecule has 1 aliphatic heterocycles. The summed E-state index contributed by atoms with van der Waals surface area (Å²) in [6.45, 7) is 7.08. The number of amides is 1. The number of thiophene rings is 1. The Morgan fingerprint density at radius 3 is 2.96 bits per heavy atom. The number of hydrogen-bond donors (Lipinski definition) is 3. The van der Waals surface area contributed by atoms with Crippen LogP contribution in [0.25, 0.3) is 10.2 Å². The quantitative estimate of drug-likeness (QED) is 0.703. The molecule has 3 heterocycles. The van der Waals surface area contributed by atoms with Crippen molar-refractivity contribution in [3.63, 3.8) is 0 Å². The lowest BCUT2D eigenvalue weighted by Crippen LogP contribution is -2.44. The number of piperidine rings is 1. The highest BCUT2D eigenvalue weighted by molar-refractivity contribution is 7.18. The van der Waals surface area contributed by atoms with E-state index in [4.69, 9.17) is 5.73 Å². The Kier molecular flexibility index (Phi) is 7.16. The summed E-state index contributed by atoms with van der Waals surface area (Å²) in [7, 11) is 0. The van der Waals surface area contributed by atoms with Crippen molar-refractivity contribution in [1.82, 2.24) is 20.2 Å². The molecule has 4 N–H and O–H groups in total. The molecular weight excluding hydrogens is 374 g/mol. The lowest BCUT2D eigenvalue weighted by molar-refractivity contribution is -0.126. The molecule has 0 bridgehead atoms. The normalized spacial score (nSPS) is 17.9. The van der Waals surface area contributed by atoms with Gasteiger partial charge in [-0.15, -0.1) is 23.7 Å². The molecule has 1 saturated heterocycles. The largest absolute Gasteiger partial charge is 0.355 e. The number of H-pyrrole nitrogens is 1. The second-order valence-corrected chi connectivity index (χ2v) is 7.83. The Hall–Kier alpha value is -1.48. The Morgan fingerprint density at radius 1 is 1.46 bits per heavy atom. The van der Waals surface area contributed by atoms with Crippen LogP contribution in [-0.4, -0.2) is 47.0 Å². The molecule has 7 nitrogen and oxygen atoms in total. The van der Waals surface area contributed by atoms with E-state index in [0.717, 1.165) is 34.7 Å². The Balaban J connectivity index is 0.00000243. The number of carbonyl (C=O) groups is 1. The van der Waals surface area contributed by atoms with Crippen LogP contribution in [0.5, 0.6) is 0 Å². The smallest absolute Gasteiger partial charge is 0.259 e. The van der Waals surface area contributed by atoms with Gasteiger partial charge in [-0.25, -0.2) is 4.98 Å². The second-order valence-electron chi connectivity index (χ2n) is 6.63. The Bertz CT molecular complexity index is 834. The number of aromatic nitrogens is 2. The number of likely N-dealkylation sites (tertiary alicyclic amines) is 1. The van der Waals surface area contributed by atoms with Gasteiger partial charge in [0, 0.05) is 24.5 Å². The number of rotatable bonds is 5. The molecule has 2 aromatic heterocycles. The highest BCUT2D eigenvalue weighted by Crippen LogP contribution is 2.26. The number of halogens is 1. The van der Waals surface area contributed by atoms with Crippen LogP contribution in [0.1, 0.15) is 29.1 Å². The van der Waals surface area contributed by atoms with Gasteiger partial charge in [0.25, 0.3) is 5.56 Å². The molecule has 1 aliphatic rings. The van der Waals surface area contributed by atoms with Crippen LogP contribution in [0, 0.1) is 19.8 Å². The highest BCUT2D eigenvalue weighted by atomic mass is 35.5. The number of nitrogens with two attached hydrogens (primary N) is 1. The van der Waals surface area contributed by atoms with Crippen molar-refractivity contribution in [2.45, 2.75) is 33.2 Å². The van der Waals surface area contributed by atoms with Gasteiger partial charge in [0.15, 0.2) is 0 Å². The van der Waals surface area contributed by atoms with Gasteiger partial charge in [-0.3, -0.25) is 14.5 Å². The standard InChI is InChI=1S/C17H25N5O2S.ClH/c1-10-11(2)25-17-14(10)16(24)20-13(21-17)9-22-7-3-4-12(8-22)15(23)19-6-5-18;/h12H,3-9,18H2,1-2H3,(H,19,23)(H,20,21,24);1H. The molecule has 144 valence electrons. The van der Waals surface area contributed by atoms with E-state index in [1.807, 2.05) is 13.8 Å². The molecule has 0 spiro atoms. The van der Waals surface area contributed by atoms with Gasteiger partial charge in [-0.1, -0.05) is 0 Å². The van der Waals surface area contributed by atoms with Crippen LogP contribution in [-0.2, 0) is 11.3 Å². The van der Waals surface area contributed by atoms with Crippen molar-refractivity contribution in [1.29, 1.82) is 0 Å². The number of carbonyl (C=O) groups excluding carboxylic acids is 1. The van der Waals surface area contributed by atoms with Crippen LogP contribution in [0.15, 0.2) is 4.79 Å². The van der Waals surface area contributed by atoms with Crippen LogP contribution in [0.3, 0.4) is 0 Å². The summed E-state index contributed by atoms with van der Waals surface area (Å²) in [5.74, 6) is 0.709. The van der Waals surface area contributed by atoms with Crippen molar-refractivity contribution in [2.75, 3.05) is 26.2 Å². The zero-order valence-electron chi connectivity index (χ0n) is 15.1. The summed E-state index contributed by atoms with van der Waals surface area (Å²) in [6.07, 6.45) is 1.85. The van der Waals surface area contributed by atoms with Gasteiger partial charge < -0.3 is 16.0 Å². The predicted octanol–water partition coefficient (Wildman–Crippen LogP) is 1.31. The number of nitrogens with one attached hydrogen (secondary N) is 2.